The average molecular weight is 265 g/mol. The quantitative estimate of drug-likeness (QED) is 0.824. The van der Waals surface area contributed by atoms with Crippen LogP contribution in [0.1, 0.15) is 44.0 Å². The molecular formula is C15H23NO3. The second kappa shape index (κ2) is 7.67. The molecule has 0 saturated carbocycles. The molecule has 0 radical (unpaired) electrons. The molecular weight excluding hydrogens is 242 g/mol. The number of carbonyl (C=O) groups is 1. The first-order valence-electron chi connectivity index (χ1n) is 6.77. The van der Waals surface area contributed by atoms with Crippen molar-refractivity contribution in [2.75, 3.05) is 13.7 Å². The first-order valence-corrected chi connectivity index (χ1v) is 6.77. The number of methoxy groups -OCH3 is 1. The molecule has 4 nitrogen and oxygen atoms in total. The van der Waals surface area contributed by atoms with Crippen LogP contribution in [-0.4, -0.2) is 25.7 Å². The Hall–Kier alpha value is -1.71. The number of benzene rings is 1. The molecule has 0 saturated heterocycles. The van der Waals surface area contributed by atoms with E-state index in [2.05, 4.69) is 19.2 Å². The maximum absolute atomic E-state index is 12.1. The molecule has 0 aliphatic heterocycles. The van der Waals surface area contributed by atoms with Crippen molar-refractivity contribution in [2.45, 2.75) is 39.7 Å². The summed E-state index contributed by atoms with van der Waals surface area (Å²) in [5.41, 5.74) is 0.590. The molecule has 0 aromatic heterocycles. The number of amides is 1. The van der Waals surface area contributed by atoms with Crippen molar-refractivity contribution in [3.63, 3.8) is 0 Å². The van der Waals surface area contributed by atoms with Crippen LogP contribution in [0.3, 0.4) is 0 Å². The SMILES string of the molecule is CCOc1ccc(C(=O)NC(CC)CC)cc1OC. The molecule has 4 heteroatoms. The zero-order chi connectivity index (χ0) is 14.3. The van der Waals surface area contributed by atoms with Crippen LogP contribution in [0.2, 0.25) is 0 Å². The van der Waals surface area contributed by atoms with E-state index in [0.717, 1.165) is 12.8 Å². The van der Waals surface area contributed by atoms with E-state index < -0.39 is 0 Å². The Morgan fingerprint density at radius 1 is 1.21 bits per heavy atom. The fourth-order valence-corrected chi connectivity index (χ4v) is 1.85. The van der Waals surface area contributed by atoms with Crippen LogP contribution in [0.25, 0.3) is 0 Å². The van der Waals surface area contributed by atoms with Crippen molar-refractivity contribution in [3.8, 4) is 11.5 Å². The van der Waals surface area contributed by atoms with Crippen molar-refractivity contribution in [1.29, 1.82) is 0 Å². The minimum absolute atomic E-state index is 0.0740. The van der Waals surface area contributed by atoms with Gasteiger partial charge in [0.1, 0.15) is 0 Å². The van der Waals surface area contributed by atoms with Crippen LogP contribution < -0.4 is 14.8 Å². The Kier molecular flexibility index (Phi) is 6.19. The molecule has 19 heavy (non-hydrogen) atoms. The van der Waals surface area contributed by atoms with E-state index in [4.69, 9.17) is 9.47 Å². The monoisotopic (exact) mass is 265 g/mol. The van der Waals surface area contributed by atoms with Crippen molar-refractivity contribution in [2.24, 2.45) is 0 Å². The molecule has 1 rings (SSSR count). The van der Waals surface area contributed by atoms with E-state index >= 15 is 0 Å². The summed E-state index contributed by atoms with van der Waals surface area (Å²) in [7, 11) is 1.57. The van der Waals surface area contributed by atoms with Gasteiger partial charge in [-0.15, -0.1) is 0 Å². The summed E-state index contributed by atoms with van der Waals surface area (Å²) >= 11 is 0. The van der Waals surface area contributed by atoms with Gasteiger partial charge in [-0.25, -0.2) is 0 Å². The number of rotatable bonds is 7. The second-order valence-electron chi connectivity index (χ2n) is 4.29. The summed E-state index contributed by atoms with van der Waals surface area (Å²) in [5, 5.41) is 3.00. The summed E-state index contributed by atoms with van der Waals surface area (Å²) in [5.74, 6) is 1.16. The zero-order valence-corrected chi connectivity index (χ0v) is 12.2. The second-order valence-corrected chi connectivity index (χ2v) is 4.29. The predicted octanol–water partition coefficient (Wildman–Crippen LogP) is 3.01. The molecule has 1 amide bonds. The van der Waals surface area contributed by atoms with E-state index in [0.29, 0.717) is 23.7 Å². The van der Waals surface area contributed by atoms with Crippen molar-refractivity contribution < 1.29 is 14.3 Å². The minimum atomic E-state index is -0.0740. The molecule has 0 fully saturated rings. The average Bonchev–Trinajstić information content (AvgIpc) is 2.45. The highest BCUT2D eigenvalue weighted by Crippen LogP contribution is 2.28. The lowest BCUT2D eigenvalue weighted by molar-refractivity contribution is 0.0934. The third kappa shape index (κ3) is 4.16. The van der Waals surface area contributed by atoms with Crippen LogP contribution >= 0.6 is 0 Å². The Morgan fingerprint density at radius 3 is 2.42 bits per heavy atom. The Bertz CT molecular complexity index is 414. The molecule has 106 valence electrons. The maximum Gasteiger partial charge on any atom is 0.251 e. The molecule has 0 aliphatic carbocycles. The zero-order valence-electron chi connectivity index (χ0n) is 12.2. The van der Waals surface area contributed by atoms with Gasteiger partial charge >= 0.3 is 0 Å². The van der Waals surface area contributed by atoms with Gasteiger partial charge in [0.25, 0.3) is 5.91 Å². The summed E-state index contributed by atoms with van der Waals surface area (Å²) in [6.07, 6.45) is 1.85. The van der Waals surface area contributed by atoms with Crippen LogP contribution in [0.4, 0.5) is 0 Å². The van der Waals surface area contributed by atoms with Gasteiger partial charge in [0.15, 0.2) is 11.5 Å². The first-order chi connectivity index (χ1) is 9.15. The normalized spacial score (nSPS) is 10.4. The van der Waals surface area contributed by atoms with Crippen molar-refractivity contribution in [1.82, 2.24) is 5.32 Å². The Balaban J connectivity index is 2.86. The fourth-order valence-electron chi connectivity index (χ4n) is 1.85. The highest BCUT2D eigenvalue weighted by atomic mass is 16.5. The lowest BCUT2D eigenvalue weighted by Crippen LogP contribution is -2.33. The standard InChI is InChI=1S/C15H23NO3/c1-5-12(6-2)16-15(17)11-8-9-13(19-7-3)14(10-11)18-4/h8-10,12H,5-7H2,1-4H3,(H,16,17). The molecule has 1 aromatic rings. The van der Waals surface area contributed by atoms with Gasteiger partial charge in [0.05, 0.1) is 13.7 Å². The van der Waals surface area contributed by atoms with Gasteiger partial charge in [-0.2, -0.15) is 0 Å². The summed E-state index contributed by atoms with van der Waals surface area (Å²) in [6.45, 7) is 6.60. The summed E-state index contributed by atoms with van der Waals surface area (Å²) in [4.78, 5) is 12.1. The van der Waals surface area contributed by atoms with Gasteiger partial charge in [0, 0.05) is 11.6 Å². The first kappa shape index (κ1) is 15.3. The lowest BCUT2D eigenvalue weighted by Gasteiger charge is -2.16. The lowest BCUT2D eigenvalue weighted by atomic mass is 10.1. The Morgan fingerprint density at radius 2 is 1.89 bits per heavy atom. The van der Waals surface area contributed by atoms with Gasteiger partial charge in [-0.3, -0.25) is 4.79 Å². The Labute approximate surface area is 115 Å². The molecule has 0 aliphatic rings. The van der Waals surface area contributed by atoms with Crippen LogP contribution in [0.15, 0.2) is 18.2 Å². The topological polar surface area (TPSA) is 47.6 Å². The third-order valence-electron chi connectivity index (χ3n) is 3.05. The highest BCUT2D eigenvalue weighted by molar-refractivity contribution is 5.95. The molecule has 0 spiro atoms. The molecule has 1 aromatic carbocycles. The summed E-state index contributed by atoms with van der Waals surface area (Å²) < 4.78 is 10.7. The molecule has 1 N–H and O–H groups in total. The van der Waals surface area contributed by atoms with Crippen molar-refractivity contribution in [3.05, 3.63) is 23.8 Å². The number of carbonyl (C=O) groups excluding carboxylic acids is 1. The maximum atomic E-state index is 12.1. The predicted molar refractivity (Wildman–Crippen MR) is 76.0 cm³/mol. The highest BCUT2D eigenvalue weighted by Gasteiger charge is 2.13. The smallest absolute Gasteiger partial charge is 0.251 e. The van der Waals surface area contributed by atoms with E-state index in [1.54, 1.807) is 25.3 Å². The summed E-state index contributed by atoms with van der Waals surface area (Å²) in [6, 6.07) is 5.45. The molecule has 0 unspecified atom stereocenters. The minimum Gasteiger partial charge on any atom is -0.493 e. The molecule has 0 heterocycles. The van der Waals surface area contributed by atoms with Gasteiger partial charge in [0.2, 0.25) is 0 Å². The van der Waals surface area contributed by atoms with Gasteiger partial charge in [-0.05, 0) is 38.0 Å². The number of ether oxygens (including phenoxy) is 2. The van der Waals surface area contributed by atoms with Gasteiger partial charge < -0.3 is 14.8 Å². The largest absolute Gasteiger partial charge is 0.493 e. The fraction of sp³-hybridized carbons (Fsp3) is 0.533. The van der Waals surface area contributed by atoms with E-state index in [-0.39, 0.29) is 11.9 Å². The molecule has 0 bridgehead atoms. The van der Waals surface area contributed by atoms with Gasteiger partial charge in [-0.1, -0.05) is 13.8 Å². The van der Waals surface area contributed by atoms with E-state index in [9.17, 15) is 4.79 Å². The molecule has 0 atom stereocenters. The number of nitrogens with one attached hydrogen (secondary N) is 1. The van der Waals surface area contributed by atoms with Crippen LogP contribution in [0, 0.1) is 0 Å². The van der Waals surface area contributed by atoms with Crippen molar-refractivity contribution >= 4 is 5.91 Å². The van der Waals surface area contributed by atoms with E-state index in [1.807, 2.05) is 6.92 Å². The van der Waals surface area contributed by atoms with Crippen LogP contribution in [0.5, 0.6) is 11.5 Å². The number of hydrogen-bond acceptors (Lipinski definition) is 3. The number of hydrogen-bond donors (Lipinski definition) is 1. The van der Waals surface area contributed by atoms with E-state index in [1.165, 1.54) is 0 Å². The third-order valence-corrected chi connectivity index (χ3v) is 3.05. The van der Waals surface area contributed by atoms with Crippen LogP contribution in [-0.2, 0) is 0 Å².